The van der Waals surface area contributed by atoms with Crippen molar-refractivity contribution in [3.8, 4) is 5.75 Å². The van der Waals surface area contributed by atoms with Gasteiger partial charge in [0.1, 0.15) is 5.75 Å². The zero-order chi connectivity index (χ0) is 15.2. The molecule has 21 heavy (non-hydrogen) atoms. The van der Waals surface area contributed by atoms with Crippen LogP contribution in [0.2, 0.25) is 0 Å². The Bertz CT molecular complexity index is 670. The van der Waals surface area contributed by atoms with Gasteiger partial charge in [0.2, 0.25) is 0 Å². The maximum Gasteiger partial charge on any atom is 0.262 e. The van der Waals surface area contributed by atoms with Crippen LogP contribution in [0.5, 0.6) is 5.75 Å². The Labute approximate surface area is 131 Å². The molecule has 0 aliphatic heterocycles. The molecule has 1 N–H and O–H groups in total. The van der Waals surface area contributed by atoms with Crippen LogP contribution < -0.4 is 10.1 Å². The molecule has 0 unspecified atom stereocenters. The smallest absolute Gasteiger partial charge is 0.262 e. The predicted octanol–water partition coefficient (Wildman–Crippen LogP) is 3.59. The van der Waals surface area contributed by atoms with E-state index in [1.807, 2.05) is 25.1 Å². The van der Waals surface area contributed by atoms with E-state index in [4.69, 9.17) is 4.74 Å². The van der Waals surface area contributed by atoms with Gasteiger partial charge in [-0.05, 0) is 37.3 Å². The molecule has 4 nitrogen and oxygen atoms in total. The summed E-state index contributed by atoms with van der Waals surface area (Å²) in [5.74, 6) is 0.116. The van der Waals surface area contributed by atoms with Gasteiger partial charge in [-0.15, -0.1) is 0 Å². The number of nitrogens with one attached hydrogen (secondary N) is 1. The second-order valence-electron chi connectivity index (χ2n) is 4.51. The molecule has 2 rings (SSSR count). The molecule has 2 aromatic carbocycles. The number of carbonyl (C=O) groups is 2. The third-order valence-corrected chi connectivity index (χ3v) is 3.25. The molecule has 0 saturated carbocycles. The Hall–Kier alpha value is -2.14. The number of carbonyl (C=O) groups excluding carboxylic acids is 2. The third kappa shape index (κ3) is 4.43. The van der Waals surface area contributed by atoms with Crippen molar-refractivity contribution in [2.24, 2.45) is 0 Å². The highest BCUT2D eigenvalue weighted by molar-refractivity contribution is 9.10. The fraction of sp³-hybridized carbons (Fsp3) is 0.125. The highest BCUT2D eigenvalue weighted by Crippen LogP contribution is 2.19. The Morgan fingerprint density at radius 1 is 1.29 bits per heavy atom. The first-order valence-corrected chi connectivity index (χ1v) is 7.12. The van der Waals surface area contributed by atoms with Gasteiger partial charge >= 0.3 is 0 Å². The van der Waals surface area contributed by atoms with E-state index in [1.54, 1.807) is 24.3 Å². The van der Waals surface area contributed by atoms with Gasteiger partial charge in [-0.2, -0.15) is 0 Å². The van der Waals surface area contributed by atoms with E-state index in [1.165, 1.54) is 0 Å². The maximum absolute atomic E-state index is 11.8. The molecule has 0 aliphatic rings. The van der Waals surface area contributed by atoms with Crippen LogP contribution in [0.25, 0.3) is 0 Å². The summed E-state index contributed by atoms with van der Waals surface area (Å²) in [6, 6.07) is 12.5. The normalized spacial score (nSPS) is 10.0. The summed E-state index contributed by atoms with van der Waals surface area (Å²) in [6.45, 7) is 1.73. The molecule has 0 saturated heterocycles. The zero-order valence-corrected chi connectivity index (χ0v) is 13.0. The van der Waals surface area contributed by atoms with Crippen molar-refractivity contribution in [3.05, 3.63) is 58.1 Å². The number of aryl methyl sites for hydroxylation is 1. The molecule has 0 atom stereocenters. The molecule has 0 radical (unpaired) electrons. The monoisotopic (exact) mass is 347 g/mol. The standard InChI is InChI=1S/C16H14BrNO3/c1-11-5-6-15(12(7-11)9-19)21-10-16(20)18-14-4-2-3-13(17)8-14/h2-9H,10H2,1H3,(H,18,20). The summed E-state index contributed by atoms with van der Waals surface area (Å²) in [4.78, 5) is 22.8. The Morgan fingerprint density at radius 3 is 2.81 bits per heavy atom. The molecule has 0 aliphatic carbocycles. The van der Waals surface area contributed by atoms with Crippen LogP contribution in [0, 0.1) is 6.92 Å². The lowest BCUT2D eigenvalue weighted by molar-refractivity contribution is -0.118. The Balaban J connectivity index is 1.97. The maximum atomic E-state index is 11.8. The molecule has 0 heterocycles. The lowest BCUT2D eigenvalue weighted by Crippen LogP contribution is -2.20. The van der Waals surface area contributed by atoms with Crippen molar-refractivity contribution < 1.29 is 14.3 Å². The number of halogens is 1. The number of hydrogen-bond donors (Lipinski definition) is 1. The van der Waals surface area contributed by atoms with Crippen LogP contribution >= 0.6 is 15.9 Å². The van der Waals surface area contributed by atoms with E-state index in [0.29, 0.717) is 23.3 Å². The molecule has 0 fully saturated rings. The van der Waals surface area contributed by atoms with Gasteiger partial charge in [0.05, 0.1) is 5.56 Å². The van der Waals surface area contributed by atoms with E-state index in [2.05, 4.69) is 21.2 Å². The van der Waals surface area contributed by atoms with Crippen LogP contribution in [0.1, 0.15) is 15.9 Å². The Kier molecular flexibility index (Phi) is 5.11. The molecule has 0 spiro atoms. The topological polar surface area (TPSA) is 55.4 Å². The molecule has 0 aromatic heterocycles. The minimum atomic E-state index is -0.287. The van der Waals surface area contributed by atoms with Crippen LogP contribution in [0.15, 0.2) is 46.9 Å². The van der Waals surface area contributed by atoms with Gasteiger partial charge < -0.3 is 10.1 Å². The first-order valence-electron chi connectivity index (χ1n) is 6.32. The SMILES string of the molecule is Cc1ccc(OCC(=O)Nc2cccc(Br)c2)c(C=O)c1. The predicted molar refractivity (Wildman–Crippen MR) is 84.8 cm³/mol. The average Bonchev–Trinajstić information content (AvgIpc) is 2.45. The molecule has 5 heteroatoms. The van der Waals surface area contributed by atoms with Crippen molar-refractivity contribution >= 4 is 33.8 Å². The van der Waals surface area contributed by atoms with Crippen molar-refractivity contribution in [3.63, 3.8) is 0 Å². The molecule has 1 amide bonds. The van der Waals surface area contributed by atoms with Gasteiger partial charge in [0, 0.05) is 10.2 Å². The summed E-state index contributed by atoms with van der Waals surface area (Å²) in [5, 5.41) is 2.72. The zero-order valence-electron chi connectivity index (χ0n) is 11.4. The number of benzene rings is 2. The van der Waals surface area contributed by atoms with Crippen molar-refractivity contribution in [1.29, 1.82) is 0 Å². The minimum Gasteiger partial charge on any atom is -0.483 e. The van der Waals surface area contributed by atoms with Crippen LogP contribution in [0.4, 0.5) is 5.69 Å². The molecule has 0 bridgehead atoms. The summed E-state index contributed by atoms with van der Waals surface area (Å²) in [7, 11) is 0. The number of anilines is 1. The summed E-state index contributed by atoms with van der Waals surface area (Å²) >= 11 is 3.33. The first kappa shape index (κ1) is 15.3. The summed E-state index contributed by atoms with van der Waals surface area (Å²) in [5.41, 5.74) is 2.07. The van der Waals surface area contributed by atoms with Gasteiger partial charge in [-0.3, -0.25) is 9.59 Å². The number of ether oxygens (including phenoxy) is 1. The third-order valence-electron chi connectivity index (χ3n) is 2.76. The van der Waals surface area contributed by atoms with Gasteiger partial charge in [-0.1, -0.05) is 33.6 Å². The van der Waals surface area contributed by atoms with Gasteiger partial charge in [0.15, 0.2) is 12.9 Å². The van der Waals surface area contributed by atoms with Crippen molar-refractivity contribution in [2.45, 2.75) is 6.92 Å². The second-order valence-corrected chi connectivity index (χ2v) is 5.42. The molecular formula is C16H14BrNO3. The Morgan fingerprint density at radius 2 is 2.10 bits per heavy atom. The minimum absolute atomic E-state index is 0.156. The van der Waals surface area contributed by atoms with Crippen LogP contribution in [0.3, 0.4) is 0 Å². The van der Waals surface area contributed by atoms with E-state index >= 15 is 0 Å². The van der Waals surface area contributed by atoms with E-state index < -0.39 is 0 Å². The fourth-order valence-electron chi connectivity index (χ4n) is 1.80. The van der Waals surface area contributed by atoms with E-state index in [9.17, 15) is 9.59 Å². The summed E-state index contributed by atoms with van der Waals surface area (Å²) < 4.78 is 6.27. The lowest BCUT2D eigenvalue weighted by atomic mass is 10.1. The lowest BCUT2D eigenvalue weighted by Gasteiger charge is -2.09. The molecule has 2 aromatic rings. The number of aldehydes is 1. The first-order chi connectivity index (χ1) is 10.1. The van der Waals surface area contributed by atoms with Gasteiger partial charge in [0.25, 0.3) is 5.91 Å². The van der Waals surface area contributed by atoms with E-state index in [-0.39, 0.29) is 12.5 Å². The number of hydrogen-bond acceptors (Lipinski definition) is 3. The van der Waals surface area contributed by atoms with Crippen LogP contribution in [-0.2, 0) is 4.79 Å². The molecular weight excluding hydrogens is 334 g/mol. The van der Waals surface area contributed by atoms with Gasteiger partial charge in [-0.25, -0.2) is 0 Å². The highest BCUT2D eigenvalue weighted by atomic mass is 79.9. The van der Waals surface area contributed by atoms with Crippen molar-refractivity contribution in [2.75, 3.05) is 11.9 Å². The fourth-order valence-corrected chi connectivity index (χ4v) is 2.20. The number of rotatable bonds is 5. The van der Waals surface area contributed by atoms with Crippen LogP contribution in [-0.4, -0.2) is 18.8 Å². The van der Waals surface area contributed by atoms with Crippen molar-refractivity contribution in [1.82, 2.24) is 0 Å². The second kappa shape index (κ2) is 7.04. The largest absolute Gasteiger partial charge is 0.483 e. The number of amides is 1. The quantitative estimate of drug-likeness (QED) is 0.841. The average molecular weight is 348 g/mol. The molecule has 108 valence electrons. The summed E-state index contributed by atoms with van der Waals surface area (Å²) in [6.07, 6.45) is 0.717. The van der Waals surface area contributed by atoms with E-state index in [0.717, 1.165) is 10.0 Å². The highest BCUT2D eigenvalue weighted by Gasteiger charge is 2.07.